The van der Waals surface area contributed by atoms with E-state index in [2.05, 4.69) is 20.3 Å². The van der Waals surface area contributed by atoms with Crippen LogP contribution in [0.3, 0.4) is 0 Å². The first-order valence-corrected chi connectivity index (χ1v) is 7.65. The third-order valence-electron chi connectivity index (χ3n) is 3.61. The minimum atomic E-state index is 0.540. The van der Waals surface area contributed by atoms with Gasteiger partial charge in [0.15, 0.2) is 0 Å². The predicted molar refractivity (Wildman–Crippen MR) is 88.0 cm³/mol. The first kappa shape index (κ1) is 13.7. The van der Waals surface area contributed by atoms with Crippen LogP contribution in [0.15, 0.2) is 61.1 Å². The van der Waals surface area contributed by atoms with Crippen LogP contribution in [0.2, 0.25) is 0 Å². The molecule has 2 aromatic heterocycles. The predicted octanol–water partition coefficient (Wildman–Crippen LogP) is 4.28. The summed E-state index contributed by atoms with van der Waals surface area (Å²) >= 11 is 0. The zero-order valence-electron chi connectivity index (χ0n) is 12.5. The van der Waals surface area contributed by atoms with Gasteiger partial charge in [-0.1, -0.05) is 6.07 Å². The van der Waals surface area contributed by atoms with Crippen LogP contribution in [0, 0.1) is 0 Å². The van der Waals surface area contributed by atoms with Gasteiger partial charge in [0.25, 0.3) is 0 Å². The highest BCUT2D eigenvalue weighted by atomic mass is 16.5. The maximum atomic E-state index is 5.82. The van der Waals surface area contributed by atoms with Gasteiger partial charge in [-0.3, -0.25) is 4.98 Å². The van der Waals surface area contributed by atoms with Gasteiger partial charge >= 0.3 is 0 Å². The van der Waals surface area contributed by atoms with Gasteiger partial charge in [0.2, 0.25) is 0 Å². The molecule has 0 saturated heterocycles. The van der Waals surface area contributed by atoms with E-state index in [4.69, 9.17) is 4.74 Å². The van der Waals surface area contributed by atoms with Crippen molar-refractivity contribution in [1.29, 1.82) is 0 Å². The Balaban J connectivity index is 1.51. The number of ether oxygens (including phenoxy) is 1. The van der Waals surface area contributed by atoms with Crippen LogP contribution in [0.25, 0.3) is 0 Å². The molecule has 2 heterocycles. The molecule has 0 aliphatic heterocycles. The molecule has 23 heavy (non-hydrogen) atoms. The monoisotopic (exact) mass is 304 g/mol. The number of rotatable bonds is 5. The van der Waals surface area contributed by atoms with Gasteiger partial charge in [0.1, 0.15) is 23.1 Å². The van der Waals surface area contributed by atoms with Gasteiger partial charge in [-0.15, -0.1) is 0 Å². The molecule has 5 nitrogen and oxygen atoms in total. The van der Waals surface area contributed by atoms with Crippen molar-refractivity contribution in [2.24, 2.45) is 0 Å². The smallest absolute Gasteiger partial charge is 0.134 e. The standard InChI is InChI=1S/C18H16N4O/c1-2-14(12-16(3-1)23-15-6-9-19-10-7-15)21-17-8-11-20-18(22-17)13-4-5-13/h1-3,6-13H,4-5H2,(H,20,21,22). The molecule has 1 N–H and O–H groups in total. The number of anilines is 2. The number of pyridine rings is 1. The minimum Gasteiger partial charge on any atom is -0.457 e. The van der Waals surface area contributed by atoms with E-state index in [1.54, 1.807) is 18.6 Å². The summed E-state index contributed by atoms with van der Waals surface area (Å²) in [4.78, 5) is 12.9. The van der Waals surface area contributed by atoms with Crippen molar-refractivity contribution in [2.75, 3.05) is 5.32 Å². The number of hydrogen-bond donors (Lipinski definition) is 1. The Hall–Kier alpha value is -2.95. The van der Waals surface area contributed by atoms with E-state index >= 15 is 0 Å². The maximum Gasteiger partial charge on any atom is 0.134 e. The van der Waals surface area contributed by atoms with E-state index in [0.29, 0.717) is 5.92 Å². The van der Waals surface area contributed by atoms with Crippen molar-refractivity contribution in [2.45, 2.75) is 18.8 Å². The van der Waals surface area contributed by atoms with Gasteiger partial charge < -0.3 is 10.1 Å². The summed E-state index contributed by atoms with van der Waals surface area (Å²) in [7, 11) is 0. The fourth-order valence-corrected chi connectivity index (χ4v) is 2.31. The van der Waals surface area contributed by atoms with Gasteiger partial charge in [0.05, 0.1) is 0 Å². The number of nitrogens with zero attached hydrogens (tertiary/aromatic N) is 3. The van der Waals surface area contributed by atoms with E-state index in [0.717, 1.165) is 28.8 Å². The summed E-state index contributed by atoms with van der Waals surface area (Å²) in [6.45, 7) is 0. The highest BCUT2D eigenvalue weighted by molar-refractivity contribution is 5.58. The van der Waals surface area contributed by atoms with E-state index in [9.17, 15) is 0 Å². The summed E-state index contributed by atoms with van der Waals surface area (Å²) in [5.41, 5.74) is 0.928. The fourth-order valence-electron chi connectivity index (χ4n) is 2.31. The highest BCUT2D eigenvalue weighted by Gasteiger charge is 2.26. The highest BCUT2D eigenvalue weighted by Crippen LogP contribution is 2.38. The SMILES string of the molecule is c1cc(Nc2ccnc(C3CC3)n2)cc(Oc2ccncc2)c1. The Morgan fingerprint density at radius 2 is 1.83 bits per heavy atom. The topological polar surface area (TPSA) is 59.9 Å². The number of nitrogens with one attached hydrogen (secondary N) is 1. The molecule has 0 amide bonds. The lowest BCUT2D eigenvalue weighted by Gasteiger charge is -2.09. The number of aromatic nitrogens is 3. The maximum absolute atomic E-state index is 5.82. The number of hydrogen-bond acceptors (Lipinski definition) is 5. The fraction of sp³-hybridized carbons (Fsp3) is 0.167. The van der Waals surface area contributed by atoms with Crippen LogP contribution in [0.4, 0.5) is 11.5 Å². The minimum absolute atomic E-state index is 0.540. The molecule has 1 aliphatic carbocycles. The van der Waals surface area contributed by atoms with E-state index in [1.165, 1.54) is 12.8 Å². The van der Waals surface area contributed by atoms with Crippen LogP contribution < -0.4 is 10.1 Å². The van der Waals surface area contributed by atoms with Crippen LogP contribution in [0.5, 0.6) is 11.5 Å². The Bertz CT molecular complexity index is 803. The quantitative estimate of drug-likeness (QED) is 0.762. The van der Waals surface area contributed by atoms with Crippen molar-refractivity contribution in [1.82, 2.24) is 15.0 Å². The zero-order chi connectivity index (χ0) is 15.5. The average Bonchev–Trinajstić information content (AvgIpc) is 3.41. The molecule has 0 unspecified atom stereocenters. The second kappa shape index (κ2) is 6.04. The van der Waals surface area contributed by atoms with Crippen LogP contribution >= 0.6 is 0 Å². The molecule has 4 rings (SSSR count). The van der Waals surface area contributed by atoms with Crippen LogP contribution in [0.1, 0.15) is 24.6 Å². The second-order valence-electron chi connectivity index (χ2n) is 5.51. The zero-order valence-corrected chi connectivity index (χ0v) is 12.5. The number of benzene rings is 1. The van der Waals surface area contributed by atoms with Crippen molar-refractivity contribution < 1.29 is 4.74 Å². The molecule has 114 valence electrons. The van der Waals surface area contributed by atoms with Crippen LogP contribution in [-0.4, -0.2) is 15.0 Å². The third kappa shape index (κ3) is 3.45. The summed E-state index contributed by atoms with van der Waals surface area (Å²) in [5.74, 6) is 3.80. The average molecular weight is 304 g/mol. The van der Waals surface area contributed by atoms with E-state index in [-0.39, 0.29) is 0 Å². The molecule has 1 fully saturated rings. The Morgan fingerprint density at radius 1 is 0.957 bits per heavy atom. The van der Waals surface area contributed by atoms with Gasteiger partial charge in [0, 0.05) is 36.3 Å². The van der Waals surface area contributed by atoms with Gasteiger partial charge in [-0.2, -0.15) is 0 Å². The summed E-state index contributed by atoms with van der Waals surface area (Å²) in [6.07, 6.45) is 7.60. The first-order valence-electron chi connectivity index (χ1n) is 7.65. The molecule has 1 saturated carbocycles. The van der Waals surface area contributed by atoms with Crippen molar-refractivity contribution >= 4 is 11.5 Å². The summed E-state index contributed by atoms with van der Waals surface area (Å²) in [6, 6.07) is 13.3. The molecule has 0 radical (unpaired) electrons. The Morgan fingerprint density at radius 3 is 2.65 bits per heavy atom. The lowest BCUT2D eigenvalue weighted by molar-refractivity contribution is 0.482. The Kier molecular flexibility index (Phi) is 3.60. The Labute approximate surface area is 134 Å². The molecule has 5 heteroatoms. The largest absolute Gasteiger partial charge is 0.457 e. The molecule has 1 aliphatic rings. The molecule has 0 spiro atoms. The van der Waals surface area contributed by atoms with Crippen molar-refractivity contribution in [3.8, 4) is 11.5 Å². The summed E-state index contributed by atoms with van der Waals surface area (Å²) in [5, 5.41) is 3.31. The van der Waals surface area contributed by atoms with Crippen molar-refractivity contribution in [3.63, 3.8) is 0 Å². The molecule has 0 atom stereocenters. The molecular weight excluding hydrogens is 288 g/mol. The normalized spacial score (nSPS) is 13.6. The van der Waals surface area contributed by atoms with E-state index in [1.807, 2.05) is 42.5 Å². The van der Waals surface area contributed by atoms with Gasteiger partial charge in [-0.25, -0.2) is 9.97 Å². The molecule has 1 aromatic carbocycles. The van der Waals surface area contributed by atoms with Gasteiger partial charge in [-0.05, 0) is 43.2 Å². The van der Waals surface area contributed by atoms with Crippen LogP contribution in [-0.2, 0) is 0 Å². The summed E-state index contributed by atoms with van der Waals surface area (Å²) < 4.78 is 5.82. The van der Waals surface area contributed by atoms with Crippen molar-refractivity contribution in [3.05, 3.63) is 66.9 Å². The van der Waals surface area contributed by atoms with E-state index < -0.39 is 0 Å². The molecular formula is C18H16N4O. The molecule has 3 aromatic rings. The lowest BCUT2D eigenvalue weighted by Crippen LogP contribution is -1.98. The second-order valence-corrected chi connectivity index (χ2v) is 5.51. The lowest BCUT2D eigenvalue weighted by atomic mass is 10.3. The molecule has 0 bridgehead atoms. The third-order valence-corrected chi connectivity index (χ3v) is 3.61. The first-order chi connectivity index (χ1) is 11.4.